The third kappa shape index (κ3) is 3.83. The Morgan fingerprint density at radius 2 is 2.05 bits per heavy atom. The van der Waals surface area contributed by atoms with Crippen LogP contribution in [0.25, 0.3) is 0 Å². The maximum absolute atomic E-state index is 12.4. The molecule has 21 heavy (non-hydrogen) atoms. The van der Waals surface area contributed by atoms with Gasteiger partial charge in [0.1, 0.15) is 12.4 Å². The summed E-state index contributed by atoms with van der Waals surface area (Å²) in [7, 11) is 0. The van der Waals surface area contributed by atoms with E-state index in [2.05, 4.69) is 10.6 Å². The molecule has 0 saturated carbocycles. The average molecular weight is 288 g/mol. The van der Waals surface area contributed by atoms with E-state index >= 15 is 0 Å². The quantitative estimate of drug-likeness (QED) is 0.833. The van der Waals surface area contributed by atoms with E-state index in [1.54, 1.807) is 0 Å². The van der Waals surface area contributed by atoms with E-state index in [1.807, 2.05) is 18.2 Å². The number of Topliss-reactive ketones (excluding diaryl/α,β-unsaturated/α-hetero) is 1. The number of carbonyl (C=O) groups is 1. The Hall–Kier alpha value is -1.39. The van der Waals surface area contributed by atoms with Gasteiger partial charge in [-0.25, -0.2) is 0 Å². The molecule has 114 valence electrons. The van der Waals surface area contributed by atoms with E-state index in [0.717, 1.165) is 49.5 Å². The first-order chi connectivity index (χ1) is 10.3. The number of ketones is 1. The molecule has 1 fully saturated rings. The average Bonchev–Trinajstić information content (AvgIpc) is 2.78. The molecule has 1 saturated heterocycles. The van der Waals surface area contributed by atoms with Crippen molar-refractivity contribution in [1.82, 2.24) is 10.6 Å². The smallest absolute Gasteiger partial charge is 0.162 e. The Morgan fingerprint density at radius 1 is 1.19 bits per heavy atom. The molecule has 0 amide bonds. The maximum atomic E-state index is 12.4. The van der Waals surface area contributed by atoms with Crippen molar-refractivity contribution < 1.29 is 9.53 Å². The Balaban J connectivity index is 1.60. The first-order valence-electron chi connectivity index (χ1n) is 8.03. The van der Waals surface area contributed by atoms with E-state index in [4.69, 9.17) is 4.74 Å². The van der Waals surface area contributed by atoms with Gasteiger partial charge in [0.2, 0.25) is 0 Å². The van der Waals surface area contributed by atoms with Crippen LogP contribution >= 0.6 is 0 Å². The Kier molecular flexibility index (Phi) is 4.88. The lowest BCUT2D eigenvalue weighted by Crippen LogP contribution is -2.28. The van der Waals surface area contributed by atoms with E-state index < -0.39 is 0 Å². The normalized spacial score (nSPS) is 19.4. The SMILES string of the molecule is O=C(CCC1CCNCC1)c1ccc2c(c1)CNCCO2. The Labute approximate surface area is 126 Å². The fourth-order valence-electron chi connectivity index (χ4n) is 3.14. The zero-order valence-corrected chi connectivity index (χ0v) is 12.5. The van der Waals surface area contributed by atoms with Crippen molar-refractivity contribution in [2.45, 2.75) is 32.2 Å². The highest BCUT2D eigenvalue weighted by atomic mass is 16.5. The lowest BCUT2D eigenvalue weighted by atomic mass is 9.91. The monoisotopic (exact) mass is 288 g/mol. The molecule has 2 heterocycles. The van der Waals surface area contributed by atoms with Gasteiger partial charge in [-0.3, -0.25) is 4.79 Å². The minimum absolute atomic E-state index is 0.264. The third-order valence-corrected chi connectivity index (χ3v) is 4.47. The molecule has 0 radical (unpaired) electrons. The number of benzene rings is 1. The number of nitrogens with one attached hydrogen (secondary N) is 2. The molecule has 0 atom stereocenters. The fourth-order valence-corrected chi connectivity index (χ4v) is 3.14. The number of piperidine rings is 1. The van der Waals surface area contributed by atoms with Gasteiger partial charge in [0.15, 0.2) is 5.78 Å². The second-order valence-electron chi connectivity index (χ2n) is 6.00. The van der Waals surface area contributed by atoms with Crippen LogP contribution in [0.1, 0.15) is 41.6 Å². The highest BCUT2D eigenvalue weighted by molar-refractivity contribution is 5.96. The van der Waals surface area contributed by atoms with E-state index in [-0.39, 0.29) is 5.78 Å². The van der Waals surface area contributed by atoms with E-state index in [0.29, 0.717) is 18.9 Å². The lowest BCUT2D eigenvalue weighted by Gasteiger charge is -2.22. The topological polar surface area (TPSA) is 50.4 Å². The largest absolute Gasteiger partial charge is 0.492 e. The summed E-state index contributed by atoms with van der Waals surface area (Å²) in [6.07, 6.45) is 4.09. The molecule has 0 unspecified atom stereocenters. The van der Waals surface area contributed by atoms with Crippen LogP contribution in [0.5, 0.6) is 5.75 Å². The molecule has 3 rings (SSSR count). The van der Waals surface area contributed by atoms with Crippen LogP contribution in [-0.2, 0) is 6.54 Å². The molecule has 1 aromatic rings. The molecule has 4 heteroatoms. The van der Waals surface area contributed by atoms with Gasteiger partial charge >= 0.3 is 0 Å². The van der Waals surface area contributed by atoms with Crippen LogP contribution in [0.2, 0.25) is 0 Å². The molecule has 2 N–H and O–H groups in total. The molecule has 2 aliphatic rings. The summed E-state index contributed by atoms with van der Waals surface area (Å²) < 4.78 is 5.66. The van der Waals surface area contributed by atoms with Crippen molar-refractivity contribution in [1.29, 1.82) is 0 Å². The van der Waals surface area contributed by atoms with Crippen LogP contribution in [0.3, 0.4) is 0 Å². The second kappa shape index (κ2) is 7.05. The molecule has 0 aromatic heterocycles. The predicted octanol–water partition coefficient (Wildman–Crippen LogP) is 2.13. The van der Waals surface area contributed by atoms with Gasteiger partial charge in [-0.1, -0.05) is 0 Å². The molecule has 0 spiro atoms. The van der Waals surface area contributed by atoms with Gasteiger partial charge in [0.25, 0.3) is 0 Å². The van der Waals surface area contributed by atoms with Gasteiger partial charge in [0.05, 0.1) is 0 Å². The Bertz CT molecular complexity index is 496. The van der Waals surface area contributed by atoms with Crippen molar-refractivity contribution in [2.24, 2.45) is 5.92 Å². The van der Waals surface area contributed by atoms with Gasteiger partial charge in [-0.15, -0.1) is 0 Å². The standard InChI is InChI=1S/C17H24N2O2/c20-16(3-1-13-5-7-18-8-6-13)14-2-4-17-15(11-14)12-19-9-10-21-17/h2,4,11,13,18-19H,1,3,5-10,12H2. The second-order valence-corrected chi connectivity index (χ2v) is 6.00. The summed E-state index contributed by atoms with van der Waals surface area (Å²) in [6.45, 7) is 4.52. The van der Waals surface area contributed by atoms with Crippen molar-refractivity contribution in [2.75, 3.05) is 26.2 Å². The van der Waals surface area contributed by atoms with Gasteiger partial charge in [-0.05, 0) is 56.5 Å². The van der Waals surface area contributed by atoms with Crippen LogP contribution < -0.4 is 15.4 Å². The first kappa shape index (κ1) is 14.5. The molecule has 2 aliphatic heterocycles. The lowest BCUT2D eigenvalue weighted by molar-refractivity contribution is 0.0970. The van der Waals surface area contributed by atoms with Crippen LogP contribution in [0, 0.1) is 5.92 Å². The van der Waals surface area contributed by atoms with Crippen LogP contribution in [0.4, 0.5) is 0 Å². The summed E-state index contributed by atoms with van der Waals surface area (Å²) in [5.41, 5.74) is 1.93. The zero-order chi connectivity index (χ0) is 14.5. The molecular weight excluding hydrogens is 264 g/mol. The van der Waals surface area contributed by atoms with Gasteiger partial charge < -0.3 is 15.4 Å². The highest BCUT2D eigenvalue weighted by Gasteiger charge is 2.16. The molecule has 0 bridgehead atoms. The van der Waals surface area contributed by atoms with Crippen molar-refractivity contribution in [3.63, 3.8) is 0 Å². The van der Waals surface area contributed by atoms with Crippen molar-refractivity contribution >= 4 is 5.78 Å². The number of hydrogen-bond donors (Lipinski definition) is 2. The van der Waals surface area contributed by atoms with Crippen LogP contribution in [0.15, 0.2) is 18.2 Å². The third-order valence-electron chi connectivity index (χ3n) is 4.47. The first-order valence-corrected chi connectivity index (χ1v) is 8.03. The Morgan fingerprint density at radius 3 is 2.90 bits per heavy atom. The number of fused-ring (bicyclic) bond motifs is 1. The highest BCUT2D eigenvalue weighted by Crippen LogP contribution is 2.24. The number of ether oxygens (including phenoxy) is 1. The number of hydrogen-bond acceptors (Lipinski definition) is 4. The predicted molar refractivity (Wildman–Crippen MR) is 82.8 cm³/mol. The summed E-state index contributed by atoms with van der Waals surface area (Å²) in [5, 5.41) is 6.68. The van der Waals surface area contributed by atoms with Gasteiger partial charge in [-0.2, -0.15) is 0 Å². The summed E-state index contributed by atoms with van der Waals surface area (Å²) in [4.78, 5) is 12.4. The number of rotatable bonds is 4. The molecular formula is C17H24N2O2. The maximum Gasteiger partial charge on any atom is 0.162 e. The fraction of sp³-hybridized carbons (Fsp3) is 0.588. The van der Waals surface area contributed by atoms with E-state index in [9.17, 15) is 4.79 Å². The number of carbonyl (C=O) groups excluding carboxylic acids is 1. The van der Waals surface area contributed by atoms with Crippen molar-refractivity contribution in [3.8, 4) is 5.75 Å². The van der Waals surface area contributed by atoms with E-state index in [1.165, 1.54) is 12.8 Å². The van der Waals surface area contributed by atoms with Crippen molar-refractivity contribution in [3.05, 3.63) is 29.3 Å². The minimum Gasteiger partial charge on any atom is -0.492 e. The van der Waals surface area contributed by atoms with Gasteiger partial charge in [0, 0.05) is 30.6 Å². The minimum atomic E-state index is 0.264. The summed E-state index contributed by atoms with van der Waals surface area (Å²) in [6, 6.07) is 5.85. The van der Waals surface area contributed by atoms with Crippen LogP contribution in [-0.4, -0.2) is 32.0 Å². The zero-order valence-electron chi connectivity index (χ0n) is 12.5. The molecule has 4 nitrogen and oxygen atoms in total. The summed E-state index contributed by atoms with van der Waals surface area (Å²) >= 11 is 0. The summed E-state index contributed by atoms with van der Waals surface area (Å²) in [5.74, 6) is 1.89. The molecule has 0 aliphatic carbocycles. The molecule has 1 aromatic carbocycles.